The van der Waals surface area contributed by atoms with Crippen molar-refractivity contribution >= 4 is 17.9 Å². The molecule has 0 aliphatic rings. The van der Waals surface area contributed by atoms with E-state index in [1.807, 2.05) is 146 Å². The van der Waals surface area contributed by atoms with E-state index in [9.17, 15) is 14.4 Å². The van der Waals surface area contributed by atoms with Gasteiger partial charge in [0.25, 0.3) is 0 Å². The summed E-state index contributed by atoms with van der Waals surface area (Å²) in [7, 11) is 0. The minimum atomic E-state index is -0.867. The second kappa shape index (κ2) is 43.5. The monoisotopic (exact) mass is 779 g/mol. The van der Waals surface area contributed by atoms with E-state index >= 15 is 0 Å². The van der Waals surface area contributed by atoms with Crippen LogP contribution in [0.5, 0.6) is 0 Å². The van der Waals surface area contributed by atoms with Crippen LogP contribution in [0.1, 0.15) is 111 Å². The summed E-state index contributed by atoms with van der Waals surface area (Å²) in [6.07, 6.45) is 64.9. The molecule has 0 bridgehead atoms. The number of hydrogen-bond acceptors (Lipinski definition) is 6. The summed E-state index contributed by atoms with van der Waals surface area (Å²) in [6.45, 7) is 5.97. The van der Waals surface area contributed by atoms with Crippen LogP contribution in [0.25, 0.3) is 0 Å². The van der Waals surface area contributed by atoms with Crippen LogP contribution in [-0.4, -0.2) is 37.2 Å². The lowest BCUT2D eigenvalue weighted by molar-refractivity contribution is -0.167. The summed E-state index contributed by atoms with van der Waals surface area (Å²) < 4.78 is 16.5. The van der Waals surface area contributed by atoms with E-state index in [-0.39, 0.29) is 44.4 Å². The molecule has 0 aromatic rings. The van der Waals surface area contributed by atoms with Crippen LogP contribution in [0.3, 0.4) is 0 Å². The molecule has 0 aromatic heterocycles. The Morgan fingerprint density at radius 2 is 0.649 bits per heavy atom. The van der Waals surface area contributed by atoms with E-state index in [0.29, 0.717) is 25.7 Å². The first kappa shape index (κ1) is 51.8. The molecule has 6 heteroatoms. The summed E-state index contributed by atoms with van der Waals surface area (Å²) in [6, 6.07) is 0. The average molecular weight is 779 g/mol. The Kier molecular flexibility index (Phi) is 39.5. The van der Waals surface area contributed by atoms with Crippen LogP contribution < -0.4 is 0 Å². The Balaban J connectivity index is 4.76. The zero-order valence-electron chi connectivity index (χ0n) is 35.0. The van der Waals surface area contributed by atoms with Crippen molar-refractivity contribution < 1.29 is 28.6 Å². The first-order valence-electron chi connectivity index (χ1n) is 20.8. The highest BCUT2D eigenvalue weighted by molar-refractivity contribution is 5.71. The summed E-state index contributed by atoms with van der Waals surface area (Å²) in [5, 5.41) is 0. The molecule has 0 aliphatic carbocycles. The molecule has 0 fully saturated rings. The highest BCUT2D eigenvalue weighted by Gasteiger charge is 2.19. The SMILES string of the molecule is CC\C=C/C=C\C=C/C=C\C=C/CCCC(=O)OCC(COC(=O)CCCCC\C=C/C=C\C=C/C=C\CC)OC(=O)CCC\C=C/C=C\C=C/C=C\C=C/CC. The van der Waals surface area contributed by atoms with Gasteiger partial charge >= 0.3 is 17.9 Å². The van der Waals surface area contributed by atoms with Gasteiger partial charge in [0.2, 0.25) is 0 Å². The van der Waals surface area contributed by atoms with Crippen molar-refractivity contribution in [1.82, 2.24) is 0 Å². The Labute approximate surface area is 345 Å². The van der Waals surface area contributed by atoms with Crippen LogP contribution in [0.15, 0.2) is 170 Å². The van der Waals surface area contributed by atoms with E-state index in [2.05, 4.69) is 45.1 Å². The van der Waals surface area contributed by atoms with Crippen LogP contribution in [-0.2, 0) is 28.6 Å². The maximum absolute atomic E-state index is 12.7. The van der Waals surface area contributed by atoms with Gasteiger partial charge in [-0.25, -0.2) is 0 Å². The molecule has 0 N–H and O–H groups in total. The zero-order chi connectivity index (χ0) is 41.5. The van der Waals surface area contributed by atoms with Crippen molar-refractivity contribution in [2.45, 2.75) is 117 Å². The smallest absolute Gasteiger partial charge is 0.306 e. The molecule has 0 saturated heterocycles. The van der Waals surface area contributed by atoms with E-state index in [4.69, 9.17) is 14.2 Å². The van der Waals surface area contributed by atoms with Crippen molar-refractivity contribution in [1.29, 1.82) is 0 Å². The molecule has 0 aliphatic heterocycles. The van der Waals surface area contributed by atoms with Crippen molar-refractivity contribution in [3.05, 3.63) is 170 Å². The van der Waals surface area contributed by atoms with Crippen molar-refractivity contribution in [2.24, 2.45) is 0 Å². The largest absolute Gasteiger partial charge is 0.462 e. The van der Waals surface area contributed by atoms with Crippen LogP contribution in [0.2, 0.25) is 0 Å². The highest BCUT2D eigenvalue weighted by Crippen LogP contribution is 2.09. The molecule has 0 aromatic carbocycles. The van der Waals surface area contributed by atoms with Gasteiger partial charge in [0.1, 0.15) is 13.2 Å². The predicted molar refractivity (Wildman–Crippen MR) is 241 cm³/mol. The topological polar surface area (TPSA) is 78.9 Å². The summed E-state index contributed by atoms with van der Waals surface area (Å²) in [5.41, 5.74) is 0. The molecule has 57 heavy (non-hydrogen) atoms. The molecule has 310 valence electrons. The fraction of sp³-hybridized carbons (Fsp3) is 0.392. The second-order valence-electron chi connectivity index (χ2n) is 12.7. The molecule has 0 heterocycles. The first-order chi connectivity index (χ1) is 28.0. The zero-order valence-corrected chi connectivity index (χ0v) is 35.0. The van der Waals surface area contributed by atoms with Crippen LogP contribution >= 0.6 is 0 Å². The lowest BCUT2D eigenvalue weighted by Crippen LogP contribution is -2.30. The summed E-state index contributed by atoms with van der Waals surface area (Å²) in [5.74, 6) is -1.17. The Morgan fingerprint density at radius 1 is 0.351 bits per heavy atom. The van der Waals surface area contributed by atoms with E-state index in [1.165, 1.54) is 0 Å². The maximum Gasteiger partial charge on any atom is 0.306 e. The molecule has 0 rings (SSSR count). The third kappa shape index (κ3) is 41.8. The predicted octanol–water partition coefficient (Wildman–Crippen LogP) is 13.3. The molecule has 6 nitrogen and oxygen atoms in total. The van der Waals surface area contributed by atoms with Crippen LogP contribution in [0, 0.1) is 0 Å². The third-order valence-corrected chi connectivity index (χ3v) is 7.55. The fourth-order valence-corrected chi connectivity index (χ4v) is 4.51. The number of carbonyl (C=O) groups is 3. The van der Waals surface area contributed by atoms with E-state index < -0.39 is 12.1 Å². The lowest BCUT2D eigenvalue weighted by Gasteiger charge is -2.18. The van der Waals surface area contributed by atoms with Gasteiger partial charge in [-0.2, -0.15) is 0 Å². The van der Waals surface area contributed by atoms with Gasteiger partial charge in [-0.15, -0.1) is 0 Å². The molecular weight excluding hydrogens is 709 g/mol. The van der Waals surface area contributed by atoms with E-state index in [0.717, 1.165) is 44.9 Å². The Bertz CT molecular complexity index is 1450. The third-order valence-electron chi connectivity index (χ3n) is 7.55. The van der Waals surface area contributed by atoms with Gasteiger partial charge < -0.3 is 14.2 Å². The molecular formula is C51H70O6. The van der Waals surface area contributed by atoms with Gasteiger partial charge in [0.05, 0.1) is 0 Å². The van der Waals surface area contributed by atoms with Gasteiger partial charge in [-0.05, 0) is 64.2 Å². The van der Waals surface area contributed by atoms with Gasteiger partial charge in [0, 0.05) is 19.3 Å². The number of unbranched alkanes of at least 4 members (excludes halogenated alkanes) is 5. The lowest BCUT2D eigenvalue weighted by atomic mass is 10.1. The first-order valence-corrected chi connectivity index (χ1v) is 20.8. The molecule has 1 unspecified atom stereocenters. The number of hydrogen-bond donors (Lipinski definition) is 0. The van der Waals surface area contributed by atoms with Crippen molar-refractivity contribution in [2.75, 3.05) is 13.2 Å². The molecule has 0 spiro atoms. The Hall–Kier alpha value is -5.23. The molecule has 0 saturated carbocycles. The summed E-state index contributed by atoms with van der Waals surface area (Å²) in [4.78, 5) is 37.6. The summed E-state index contributed by atoms with van der Waals surface area (Å²) >= 11 is 0. The number of rotatable bonds is 33. The number of allylic oxidation sites excluding steroid dienone is 28. The van der Waals surface area contributed by atoms with Gasteiger partial charge in [-0.3, -0.25) is 14.4 Å². The Morgan fingerprint density at radius 3 is 1.02 bits per heavy atom. The normalized spacial score (nSPS) is 13.8. The minimum Gasteiger partial charge on any atom is -0.462 e. The minimum absolute atomic E-state index is 0.160. The average Bonchev–Trinajstić information content (AvgIpc) is 3.21. The maximum atomic E-state index is 12.7. The number of esters is 3. The van der Waals surface area contributed by atoms with Gasteiger partial charge in [-0.1, -0.05) is 197 Å². The standard InChI is InChI=1S/C51H70O6/c1-4-7-10-13-16-19-22-25-28-31-34-37-40-43-49(52)55-46-48(57-51(54)45-42-39-36-33-30-27-24-21-18-15-12-9-6-3)47-56-50(53)44-41-38-35-32-29-26-23-20-17-14-11-8-5-2/h7-31,33-34,36,48H,4-6,32,35,37-47H2,1-3H3/b10-7-,11-8-,12-9-,16-13-,17-14-,18-15-,22-19-,23-20-,24-21-,28-25-,29-26-,30-27-,34-31-,36-33-. The van der Waals surface area contributed by atoms with Crippen molar-refractivity contribution in [3.8, 4) is 0 Å². The number of carbonyl (C=O) groups excluding carboxylic acids is 3. The van der Waals surface area contributed by atoms with Gasteiger partial charge in [0.15, 0.2) is 6.10 Å². The van der Waals surface area contributed by atoms with Crippen LogP contribution in [0.4, 0.5) is 0 Å². The van der Waals surface area contributed by atoms with E-state index in [1.54, 1.807) is 0 Å². The molecule has 0 amide bonds. The second-order valence-corrected chi connectivity index (χ2v) is 12.7. The molecule has 0 radical (unpaired) electrons. The quantitative estimate of drug-likeness (QED) is 0.0286. The van der Waals surface area contributed by atoms with Crippen molar-refractivity contribution in [3.63, 3.8) is 0 Å². The highest BCUT2D eigenvalue weighted by atomic mass is 16.6. The number of ether oxygens (including phenoxy) is 3. The molecule has 1 atom stereocenters. The fourth-order valence-electron chi connectivity index (χ4n) is 4.51.